The molecule has 1 amide bonds. The van der Waals surface area contributed by atoms with Crippen LogP contribution < -0.4 is 0 Å². The second kappa shape index (κ2) is 8.95. The molecule has 7 heteroatoms. The lowest BCUT2D eigenvalue weighted by atomic mass is 9.98. The van der Waals surface area contributed by atoms with Crippen LogP contribution in [0.25, 0.3) is 11.3 Å². The fourth-order valence-corrected chi connectivity index (χ4v) is 4.42. The maximum atomic E-state index is 12.5. The summed E-state index contributed by atoms with van der Waals surface area (Å²) in [4.78, 5) is 31.9. The predicted octanol–water partition coefficient (Wildman–Crippen LogP) is 5.10. The van der Waals surface area contributed by atoms with Gasteiger partial charge in [0.1, 0.15) is 10.5 Å². The van der Waals surface area contributed by atoms with E-state index in [1.807, 2.05) is 51.1 Å². The molecule has 2 aromatic rings. The lowest BCUT2D eigenvalue weighted by Crippen LogP contribution is -2.41. The van der Waals surface area contributed by atoms with Gasteiger partial charge in [0.25, 0.3) is 0 Å². The van der Waals surface area contributed by atoms with Crippen LogP contribution in [0.3, 0.4) is 0 Å². The molecule has 0 saturated carbocycles. The average molecular weight is 417 g/mol. The van der Waals surface area contributed by atoms with E-state index in [0.29, 0.717) is 30.3 Å². The zero-order chi connectivity index (χ0) is 21.0. The number of likely N-dealkylation sites (tertiary alicyclic amines) is 1. The third kappa shape index (κ3) is 5.35. The van der Waals surface area contributed by atoms with Gasteiger partial charge in [-0.3, -0.25) is 0 Å². The van der Waals surface area contributed by atoms with E-state index >= 15 is 0 Å². The molecule has 0 N–H and O–H groups in total. The molecule has 3 rings (SSSR count). The van der Waals surface area contributed by atoms with Gasteiger partial charge in [0.05, 0.1) is 17.3 Å². The van der Waals surface area contributed by atoms with Crippen molar-refractivity contribution in [1.82, 2.24) is 9.88 Å². The Morgan fingerprint density at radius 3 is 2.41 bits per heavy atom. The Morgan fingerprint density at radius 2 is 1.83 bits per heavy atom. The summed E-state index contributed by atoms with van der Waals surface area (Å²) < 4.78 is 10.7. The normalized spacial score (nSPS) is 15.2. The van der Waals surface area contributed by atoms with Crippen molar-refractivity contribution < 1.29 is 19.1 Å². The van der Waals surface area contributed by atoms with E-state index in [1.54, 1.807) is 11.8 Å². The number of hydrogen-bond acceptors (Lipinski definition) is 6. The summed E-state index contributed by atoms with van der Waals surface area (Å²) >= 11 is 1.41. The van der Waals surface area contributed by atoms with E-state index in [9.17, 15) is 9.59 Å². The van der Waals surface area contributed by atoms with Crippen molar-refractivity contribution in [3.05, 3.63) is 40.2 Å². The van der Waals surface area contributed by atoms with Crippen LogP contribution in [0.15, 0.2) is 30.3 Å². The van der Waals surface area contributed by atoms with Crippen molar-refractivity contribution in [3.63, 3.8) is 0 Å². The number of thiazole rings is 1. The Balaban J connectivity index is 1.76. The minimum Gasteiger partial charge on any atom is -0.462 e. The highest BCUT2D eigenvalue weighted by molar-refractivity contribution is 7.14. The third-order valence-electron chi connectivity index (χ3n) is 4.65. The van der Waals surface area contributed by atoms with Crippen LogP contribution in [0.5, 0.6) is 0 Å². The van der Waals surface area contributed by atoms with Crippen LogP contribution >= 0.6 is 11.3 Å². The Morgan fingerprint density at radius 1 is 1.17 bits per heavy atom. The fraction of sp³-hybridized carbons (Fsp3) is 0.500. The van der Waals surface area contributed by atoms with Crippen molar-refractivity contribution >= 4 is 23.4 Å². The van der Waals surface area contributed by atoms with E-state index in [1.165, 1.54) is 11.3 Å². The van der Waals surface area contributed by atoms with Gasteiger partial charge < -0.3 is 14.4 Å². The molecule has 1 aromatic heterocycles. The van der Waals surface area contributed by atoms with Gasteiger partial charge >= 0.3 is 12.1 Å². The molecule has 1 aromatic carbocycles. The van der Waals surface area contributed by atoms with Crippen molar-refractivity contribution in [2.75, 3.05) is 19.7 Å². The van der Waals surface area contributed by atoms with Crippen molar-refractivity contribution in [1.29, 1.82) is 0 Å². The first kappa shape index (κ1) is 21.3. The number of ether oxygens (including phenoxy) is 2. The van der Waals surface area contributed by atoms with Gasteiger partial charge in [-0.25, -0.2) is 14.6 Å². The number of rotatable bonds is 4. The molecule has 0 aliphatic carbocycles. The van der Waals surface area contributed by atoms with Gasteiger partial charge in [-0.15, -0.1) is 11.3 Å². The molecule has 29 heavy (non-hydrogen) atoms. The highest BCUT2D eigenvalue weighted by Gasteiger charge is 2.30. The molecule has 1 aliphatic rings. The first-order valence-electron chi connectivity index (χ1n) is 9.99. The van der Waals surface area contributed by atoms with Crippen LogP contribution in [0.1, 0.15) is 61.1 Å². The van der Waals surface area contributed by atoms with E-state index in [-0.39, 0.29) is 18.0 Å². The van der Waals surface area contributed by atoms with E-state index in [0.717, 1.165) is 23.4 Å². The second-order valence-electron chi connectivity index (χ2n) is 8.06. The average Bonchev–Trinajstić information content (AvgIpc) is 3.13. The van der Waals surface area contributed by atoms with Gasteiger partial charge in [-0.2, -0.15) is 0 Å². The minimum absolute atomic E-state index is 0.212. The van der Waals surface area contributed by atoms with Gasteiger partial charge in [0.2, 0.25) is 0 Å². The van der Waals surface area contributed by atoms with Gasteiger partial charge in [-0.1, -0.05) is 30.3 Å². The van der Waals surface area contributed by atoms with Gasteiger partial charge in [0.15, 0.2) is 0 Å². The number of esters is 1. The maximum absolute atomic E-state index is 12.5. The highest BCUT2D eigenvalue weighted by atomic mass is 32.1. The number of nitrogens with zero attached hydrogens (tertiary/aromatic N) is 2. The van der Waals surface area contributed by atoms with Gasteiger partial charge in [-0.05, 0) is 40.5 Å². The number of amides is 1. The minimum atomic E-state index is -0.498. The fourth-order valence-electron chi connectivity index (χ4n) is 3.27. The summed E-state index contributed by atoms with van der Waals surface area (Å²) in [5, 5.41) is 0.927. The molecule has 0 unspecified atom stereocenters. The molecule has 0 radical (unpaired) electrons. The number of piperidine rings is 1. The van der Waals surface area contributed by atoms with E-state index in [4.69, 9.17) is 14.5 Å². The molecule has 2 heterocycles. The Kier molecular flexibility index (Phi) is 6.57. The first-order valence-corrected chi connectivity index (χ1v) is 10.8. The van der Waals surface area contributed by atoms with Crippen molar-refractivity contribution in [2.24, 2.45) is 0 Å². The van der Waals surface area contributed by atoms with Crippen LogP contribution in [0.4, 0.5) is 4.79 Å². The highest BCUT2D eigenvalue weighted by Crippen LogP contribution is 2.37. The van der Waals surface area contributed by atoms with E-state index in [2.05, 4.69) is 0 Å². The second-order valence-corrected chi connectivity index (χ2v) is 9.09. The number of carbonyl (C=O) groups is 2. The molecular formula is C22H28N2O4S. The standard InChI is InChI=1S/C22H28N2O4S/c1-5-27-20(25)18-17(15-9-7-6-8-10-15)23-19(29-18)16-11-13-24(14-12-16)21(26)28-22(2,3)4/h6-10,16H,5,11-14H2,1-4H3. The summed E-state index contributed by atoms with van der Waals surface area (Å²) in [6, 6.07) is 9.71. The number of benzene rings is 1. The summed E-state index contributed by atoms with van der Waals surface area (Å²) in [6.07, 6.45) is 1.32. The van der Waals surface area contributed by atoms with Gasteiger partial charge in [0, 0.05) is 24.6 Å². The SMILES string of the molecule is CCOC(=O)c1sc(C2CCN(C(=O)OC(C)(C)C)CC2)nc1-c1ccccc1. The molecule has 0 atom stereocenters. The van der Waals surface area contributed by atoms with Crippen molar-refractivity contribution in [3.8, 4) is 11.3 Å². The summed E-state index contributed by atoms with van der Waals surface area (Å²) in [5.41, 5.74) is 1.09. The third-order valence-corrected chi connectivity index (χ3v) is 5.85. The number of aromatic nitrogens is 1. The molecule has 1 fully saturated rings. The lowest BCUT2D eigenvalue weighted by molar-refractivity contribution is 0.0204. The molecule has 1 aliphatic heterocycles. The van der Waals surface area contributed by atoms with Crippen LogP contribution in [-0.2, 0) is 9.47 Å². The first-order chi connectivity index (χ1) is 13.8. The molecular weight excluding hydrogens is 388 g/mol. The predicted molar refractivity (Wildman–Crippen MR) is 113 cm³/mol. The largest absolute Gasteiger partial charge is 0.462 e. The van der Waals surface area contributed by atoms with E-state index < -0.39 is 5.60 Å². The topological polar surface area (TPSA) is 68.7 Å². The smallest absolute Gasteiger partial charge is 0.410 e. The Labute approximate surface area is 175 Å². The maximum Gasteiger partial charge on any atom is 0.410 e. The molecule has 0 spiro atoms. The number of hydrogen-bond donors (Lipinski definition) is 0. The summed E-state index contributed by atoms with van der Waals surface area (Å²) in [5.74, 6) is -0.120. The quantitative estimate of drug-likeness (QED) is 0.649. The zero-order valence-corrected chi connectivity index (χ0v) is 18.3. The molecule has 1 saturated heterocycles. The molecule has 6 nitrogen and oxygen atoms in total. The Hall–Kier alpha value is -2.41. The van der Waals surface area contributed by atoms with Crippen LogP contribution in [0.2, 0.25) is 0 Å². The monoisotopic (exact) mass is 416 g/mol. The number of carbonyl (C=O) groups excluding carboxylic acids is 2. The summed E-state index contributed by atoms with van der Waals surface area (Å²) in [7, 11) is 0. The molecule has 0 bridgehead atoms. The lowest BCUT2D eigenvalue weighted by Gasteiger charge is -2.32. The van der Waals surface area contributed by atoms with Crippen LogP contribution in [0, 0.1) is 0 Å². The summed E-state index contributed by atoms with van der Waals surface area (Å²) in [6.45, 7) is 8.98. The van der Waals surface area contributed by atoms with Crippen LogP contribution in [-0.4, -0.2) is 47.2 Å². The Bertz CT molecular complexity index is 849. The van der Waals surface area contributed by atoms with Crippen molar-refractivity contribution in [2.45, 2.75) is 52.1 Å². The molecule has 156 valence electrons. The zero-order valence-electron chi connectivity index (χ0n) is 17.4.